The molecule has 0 radical (unpaired) electrons. The van der Waals surface area contributed by atoms with Gasteiger partial charge in [-0.1, -0.05) is 6.07 Å². The Morgan fingerprint density at radius 2 is 1.76 bits per heavy atom. The number of hydrogen-bond donors (Lipinski definition) is 1. The third-order valence-electron chi connectivity index (χ3n) is 3.34. The van der Waals surface area contributed by atoms with Crippen LogP contribution in [0.5, 0.6) is 0 Å². The Bertz CT molecular complexity index is 458. The van der Waals surface area contributed by atoms with Crippen molar-refractivity contribution in [3.05, 3.63) is 35.4 Å². The predicted octanol–water partition coefficient (Wildman–Crippen LogP) is 1.80. The van der Waals surface area contributed by atoms with Crippen molar-refractivity contribution in [2.45, 2.75) is 20.0 Å². The second kappa shape index (κ2) is 8.05. The van der Waals surface area contributed by atoms with Gasteiger partial charge in [0.2, 0.25) is 5.91 Å². The van der Waals surface area contributed by atoms with E-state index in [9.17, 15) is 18.7 Å². The summed E-state index contributed by atoms with van der Waals surface area (Å²) in [5.41, 5.74) is -0.361. The van der Waals surface area contributed by atoms with E-state index in [2.05, 4.69) is 0 Å². The number of aliphatic hydroxyl groups is 1. The predicted molar refractivity (Wildman–Crippen MR) is 76.7 cm³/mol. The molecule has 1 unspecified atom stereocenters. The third kappa shape index (κ3) is 4.75. The highest BCUT2D eigenvalue weighted by Crippen LogP contribution is 2.21. The summed E-state index contributed by atoms with van der Waals surface area (Å²) in [7, 11) is 1.63. The minimum atomic E-state index is -1.32. The quantitative estimate of drug-likeness (QED) is 0.835. The summed E-state index contributed by atoms with van der Waals surface area (Å²) in [5.74, 6) is -1.65. The monoisotopic (exact) mass is 300 g/mol. The van der Waals surface area contributed by atoms with Gasteiger partial charge in [0.15, 0.2) is 0 Å². The molecule has 0 fully saturated rings. The summed E-state index contributed by atoms with van der Waals surface area (Å²) < 4.78 is 27.1. The summed E-state index contributed by atoms with van der Waals surface area (Å²) in [6.45, 7) is 5.04. The van der Waals surface area contributed by atoms with Crippen LogP contribution in [0.4, 0.5) is 8.78 Å². The van der Waals surface area contributed by atoms with E-state index in [1.54, 1.807) is 16.8 Å². The van der Waals surface area contributed by atoms with Crippen LogP contribution in [0.3, 0.4) is 0 Å². The highest BCUT2D eigenvalue weighted by Gasteiger charge is 2.21. The fourth-order valence-electron chi connectivity index (χ4n) is 2.19. The van der Waals surface area contributed by atoms with E-state index in [-0.39, 0.29) is 24.6 Å². The molecule has 0 bridgehead atoms. The first-order valence-electron chi connectivity index (χ1n) is 6.98. The lowest BCUT2D eigenvalue weighted by Crippen LogP contribution is -2.40. The lowest BCUT2D eigenvalue weighted by atomic mass is 10.1. The number of halogens is 2. The Kier molecular flexibility index (Phi) is 6.71. The van der Waals surface area contributed by atoms with Crippen LogP contribution >= 0.6 is 0 Å². The topological polar surface area (TPSA) is 43.8 Å². The molecule has 0 spiro atoms. The first-order chi connectivity index (χ1) is 9.90. The molecule has 0 aliphatic heterocycles. The van der Waals surface area contributed by atoms with E-state index in [4.69, 9.17) is 0 Å². The summed E-state index contributed by atoms with van der Waals surface area (Å²) in [4.78, 5) is 15.1. The Hall–Kier alpha value is -1.53. The first-order valence-corrected chi connectivity index (χ1v) is 6.98. The van der Waals surface area contributed by atoms with Crippen LogP contribution in [0.15, 0.2) is 18.2 Å². The number of likely N-dealkylation sites (N-methyl/N-ethyl adjacent to an activating group) is 2. The number of rotatable bonds is 7. The second-order valence-electron chi connectivity index (χ2n) is 4.91. The molecular weight excluding hydrogens is 278 g/mol. The van der Waals surface area contributed by atoms with Gasteiger partial charge in [0.25, 0.3) is 0 Å². The molecule has 1 N–H and O–H groups in total. The summed E-state index contributed by atoms with van der Waals surface area (Å²) in [6.07, 6.45) is -1.32. The van der Waals surface area contributed by atoms with Crippen molar-refractivity contribution in [2.24, 2.45) is 0 Å². The van der Waals surface area contributed by atoms with Crippen LogP contribution in [-0.4, -0.2) is 54.0 Å². The van der Waals surface area contributed by atoms with Crippen molar-refractivity contribution in [2.75, 3.05) is 33.2 Å². The average molecular weight is 300 g/mol. The molecule has 4 nitrogen and oxygen atoms in total. The second-order valence-corrected chi connectivity index (χ2v) is 4.91. The SMILES string of the molecule is CCN(CC)C(=O)CN(C)CC(O)c1c(F)cccc1F. The average Bonchev–Trinajstić information content (AvgIpc) is 2.39. The minimum absolute atomic E-state index is 0.0230. The summed E-state index contributed by atoms with van der Waals surface area (Å²) in [5, 5.41) is 9.97. The van der Waals surface area contributed by atoms with Gasteiger partial charge < -0.3 is 10.0 Å². The molecule has 0 saturated heterocycles. The maximum atomic E-state index is 13.6. The molecule has 0 heterocycles. The third-order valence-corrected chi connectivity index (χ3v) is 3.34. The molecule has 0 aliphatic rings. The van der Waals surface area contributed by atoms with Crippen LogP contribution in [0.25, 0.3) is 0 Å². The van der Waals surface area contributed by atoms with Gasteiger partial charge >= 0.3 is 0 Å². The molecule has 6 heteroatoms. The highest BCUT2D eigenvalue weighted by molar-refractivity contribution is 5.78. The normalized spacial score (nSPS) is 12.5. The first kappa shape index (κ1) is 17.5. The van der Waals surface area contributed by atoms with Crippen molar-refractivity contribution in [1.82, 2.24) is 9.80 Å². The number of amides is 1. The Balaban J connectivity index is 2.66. The van der Waals surface area contributed by atoms with Crippen LogP contribution in [0.2, 0.25) is 0 Å². The van der Waals surface area contributed by atoms with Crippen molar-refractivity contribution in [3.63, 3.8) is 0 Å². The van der Waals surface area contributed by atoms with Gasteiger partial charge in [0.05, 0.1) is 18.2 Å². The molecule has 1 atom stereocenters. The van der Waals surface area contributed by atoms with Gasteiger partial charge in [0, 0.05) is 19.6 Å². The maximum absolute atomic E-state index is 13.6. The zero-order chi connectivity index (χ0) is 16.0. The van der Waals surface area contributed by atoms with Gasteiger partial charge in [-0.3, -0.25) is 9.69 Å². The molecule has 1 rings (SSSR count). The van der Waals surface area contributed by atoms with Gasteiger partial charge in [-0.15, -0.1) is 0 Å². The van der Waals surface area contributed by atoms with Gasteiger partial charge in [0.1, 0.15) is 11.6 Å². The Labute approximate surface area is 124 Å². The molecule has 0 saturated carbocycles. The zero-order valence-corrected chi connectivity index (χ0v) is 12.6. The fourth-order valence-corrected chi connectivity index (χ4v) is 2.19. The van der Waals surface area contributed by atoms with Crippen molar-refractivity contribution < 1.29 is 18.7 Å². The van der Waals surface area contributed by atoms with E-state index in [1.165, 1.54) is 6.07 Å². The van der Waals surface area contributed by atoms with Crippen LogP contribution in [-0.2, 0) is 4.79 Å². The fraction of sp³-hybridized carbons (Fsp3) is 0.533. The number of benzene rings is 1. The lowest BCUT2D eigenvalue weighted by Gasteiger charge is -2.25. The smallest absolute Gasteiger partial charge is 0.236 e. The number of carbonyl (C=O) groups is 1. The number of hydrogen-bond acceptors (Lipinski definition) is 3. The van der Waals surface area contributed by atoms with Crippen LogP contribution in [0, 0.1) is 11.6 Å². The number of aliphatic hydroxyl groups excluding tert-OH is 1. The lowest BCUT2D eigenvalue weighted by molar-refractivity contribution is -0.132. The van der Waals surface area contributed by atoms with Crippen molar-refractivity contribution in [3.8, 4) is 0 Å². The molecule has 21 heavy (non-hydrogen) atoms. The number of nitrogens with zero attached hydrogens (tertiary/aromatic N) is 2. The van der Waals surface area contributed by atoms with E-state index in [0.717, 1.165) is 12.1 Å². The molecule has 1 aromatic carbocycles. The molecule has 0 aromatic heterocycles. The summed E-state index contributed by atoms with van der Waals surface area (Å²) in [6, 6.07) is 3.44. The van der Waals surface area contributed by atoms with Crippen LogP contribution < -0.4 is 0 Å². The molecule has 1 amide bonds. The standard InChI is InChI=1S/C15H22F2N2O2/c1-4-19(5-2)14(21)10-18(3)9-13(20)15-11(16)7-6-8-12(15)17/h6-8,13,20H,4-5,9-10H2,1-3H3. The molecule has 0 aliphatic carbocycles. The van der Waals surface area contributed by atoms with E-state index in [0.29, 0.717) is 13.1 Å². The van der Waals surface area contributed by atoms with E-state index >= 15 is 0 Å². The zero-order valence-electron chi connectivity index (χ0n) is 12.6. The van der Waals surface area contributed by atoms with Crippen LogP contribution in [0.1, 0.15) is 25.5 Å². The number of carbonyl (C=O) groups excluding carboxylic acids is 1. The largest absolute Gasteiger partial charge is 0.387 e. The molecule has 1 aromatic rings. The minimum Gasteiger partial charge on any atom is -0.387 e. The van der Waals surface area contributed by atoms with E-state index < -0.39 is 17.7 Å². The Morgan fingerprint density at radius 1 is 1.24 bits per heavy atom. The van der Waals surface area contributed by atoms with Crippen molar-refractivity contribution in [1.29, 1.82) is 0 Å². The van der Waals surface area contributed by atoms with Gasteiger partial charge in [-0.05, 0) is 33.0 Å². The summed E-state index contributed by atoms with van der Waals surface area (Å²) >= 11 is 0. The Morgan fingerprint density at radius 3 is 2.24 bits per heavy atom. The van der Waals surface area contributed by atoms with Gasteiger partial charge in [-0.25, -0.2) is 8.78 Å². The molecule has 118 valence electrons. The van der Waals surface area contributed by atoms with Gasteiger partial charge in [-0.2, -0.15) is 0 Å². The van der Waals surface area contributed by atoms with E-state index in [1.807, 2.05) is 13.8 Å². The highest BCUT2D eigenvalue weighted by atomic mass is 19.1. The van der Waals surface area contributed by atoms with Crippen molar-refractivity contribution >= 4 is 5.91 Å². The molecular formula is C15H22F2N2O2. The maximum Gasteiger partial charge on any atom is 0.236 e.